The number of para-hydroxylation sites is 1. The zero-order valence-corrected chi connectivity index (χ0v) is 20.5. The first-order valence-electron chi connectivity index (χ1n) is 12.0. The fraction of sp³-hybridized carbons (Fsp3) is 0.370. The highest BCUT2D eigenvalue weighted by Crippen LogP contribution is 2.31. The maximum Gasteiger partial charge on any atom is 0.412 e. The predicted octanol–water partition coefficient (Wildman–Crippen LogP) is 4.76. The Balaban J connectivity index is 1.13. The summed E-state index contributed by atoms with van der Waals surface area (Å²) in [5.74, 6) is 1.94. The van der Waals surface area contributed by atoms with Gasteiger partial charge in [0.2, 0.25) is 5.95 Å². The molecule has 2 aliphatic heterocycles. The standard InChI is InChI=1S/C27H30N4O5/c1-27(2,3)22-13-14-28-25(31-22)30-20-15-33-24-21(16-34-23(20)24)36-26(32)29-17-9-11-19(12-10-17)35-18-7-5-4-6-8-18/h4-14,20-21,23-24H,15-16H2,1-3H3,(H,29,32)(H,28,30,31)/t20-,21+,23+,24+/m0/s1. The molecule has 188 valence electrons. The molecule has 3 aromatic rings. The molecule has 0 saturated carbocycles. The molecule has 5 rings (SSSR count). The van der Waals surface area contributed by atoms with Gasteiger partial charge in [-0.15, -0.1) is 0 Å². The highest BCUT2D eigenvalue weighted by Gasteiger charge is 2.49. The van der Waals surface area contributed by atoms with Crippen LogP contribution in [0.15, 0.2) is 66.9 Å². The van der Waals surface area contributed by atoms with Crippen molar-refractivity contribution < 1.29 is 23.7 Å². The van der Waals surface area contributed by atoms with Crippen LogP contribution in [-0.4, -0.2) is 53.6 Å². The summed E-state index contributed by atoms with van der Waals surface area (Å²) in [4.78, 5) is 21.5. The van der Waals surface area contributed by atoms with Gasteiger partial charge in [0.05, 0.1) is 24.9 Å². The number of ether oxygens (including phenoxy) is 4. The summed E-state index contributed by atoms with van der Waals surface area (Å²) in [6.45, 7) is 6.98. The molecule has 2 aromatic carbocycles. The number of nitrogens with zero attached hydrogens (tertiary/aromatic N) is 2. The Bertz CT molecular complexity index is 1180. The molecule has 9 heteroatoms. The summed E-state index contributed by atoms with van der Waals surface area (Å²) >= 11 is 0. The summed E-state index contributed by atoms with van der Waals surface area (Å²) in [5, 5.41) is 6.07. The fourth-order valence-corrected chi connectivity index (χ4v) is 4.22. The third kappa shape index (κ3) is 5.58. The average Bonchev–Trinajstić information content (AvgIpc) is 3.44. The van der Waals surface area contributed by atoms with Gasteiger partial charge in [-0.1, -0.05) is 39.0 Å². The number of fused-ring (bicyclic) bond motifs is 1. The molecule has 2 saturated heterocycles. The van der Waals surface area contributed by atoms with Gasteiger partial charge in [-0.2, -0.15) is 0 Å². The number of hydrogen-bond acceptors (Lipinski definition) is 8. The number of amides is 1. The van der Waals surface area contributed by atoms with Crippen molar-refractivity contribution in [3.05, 3.63) is 72.6 Å². The molecule has 0 spiro atoms. The van der Waals surface area contributed by atoms with Crippen LogP contribution in [0.4, 0.5) is 16.4 Å². The molecule has 3 heterocycles. The predicted molar refractivity (Wildman–Crippen MR) is 134 cm³/mol. The number of hydrogen-bond donors (Lipinski definition) is 2. The van der Waals surface area contributed by atoms with E-state index in [4.69, 9.17) is 18.9 Å². The molecule has 2 fully saturated rings. The van der Waals surface area contributed by atoms with Crippen molar-refractivity contribution in [2.24, 2.45) is 0 Å². The van der Waals surface area contributed by atoms with Crippen LogP contribution in [0.2, 0.25) is 0 Å². The number of carbonyl (C=O) groups excluding carboxylic acids is 1. The summed E-state index contributed by atoms with van der Waals surface area (Å²) < 4.78 is 23.3. The van der Waals surface area contributed by atoms with Gasteiger partial charge in [-0.25, -0.2) is 14.8 Å². The van der Waals surface area contributed by atoms with E-state index in [2.05, 4.69) is 41.4 Å². The zero-order valence-electron chi connectivity index (χ0n) is 20.5. The van der Waals surface area contributed by atoms with Crippen molar-refractivity contribution >= 4 is 17.7 Å². The minimum absolute atomic E-state index is 0.0839. The quantitative estimate of drug-likeness (QED) is 0.510. The van der Waals surface area contributed by atoms with E-state index >= 15 is 0 Å². The summed E-state index contributed by atoms with van der Waals surface area (Å²) in [6, 6.07) is 18.3. The number of nitrogens with one attached hydrogen (secondary N) is 2. The number of aromatic nitrogens is 2. The molecule has 2 aliphatic rings. The molecular weight excluding hydrogens is 460 g/mol. The van der Waals surface area contributed by atoms with Gasteiger partial charge in [0.25, 0.3) is 0 Å². The first-order valence-corrected chi connectivity index (χ1v) is 12.0. The van der Waals surface area contributed by atoms with Gasteiger partial charge in [-0.05, 0) is 42.5 Å². The first-order chi connectivity index (χ1) is 17.3. The Kier molecular flexibility index (Phi) is 6.75. The van der Waals surface area contributed by atoms with E-state index in [0.717, 1.165) is 11.4 Å². The van der Waals surface area contributed by atoms with Crippen molar-refractivity contribution in [3.8, 4) is 11.5 Å². The molecule has 0 bridgehead atoms. The third-order valence-electron chi connectivity index (χ3n) is 6.08. The van der Waals surface area contributed by atoms with Crippen molar-refractivity contribution in [2.45, 2.75) is 50.5 Å². The van der Waals surface area contributed by atoms with Crippen LogP contribution >= 0.6 is 0 Å². The second-order valence-electron chi connectivity index (χ2n) is 9.87. The van der Waals surface area contributed by atoms with E-state index in [9.17, 15) is 4.79 Å². The smallest absolute Gasteiger partial charge is 0.412 e. The van der Waals surface area contributed by atoms with E-state index in [-0.39, 0.29) is 30.3 Å². The van der Waals surface area contributed by atoms with E-state index in [1.54, 1.807) is 30.5 Å². The van der Waals surface area contributed by atoms with E-state index < -0.39 is 12.2 Å². The molecule has 0 radical (unpaired) electrons. The maximum atomic E-state index is 12.5. The number of anilines is 2. The SMILES string of the molecule is CC(C)(C)c1ccnc(N[C@H]2CO[C@H]3[C@@H]2OC[C@H]3OC(=O)Nc2ccc(Oc3ccccc3)cc2)n1. The number of rotatable bonds is 6. The van der Waals surface area contributed by atoms with E-state index in [1.165, 1.54) is 0 Å². The van der Waals surface area contributed by atoms with E-state index in [0.29, 0.717) is 24.0 Å². The Morgan fingerprint density at radius 1 is 0.944 bits per heavy atom. The average molecular weight is 491 g/mol. The Labute approximate surface area is 210 Å². The largest absolute Gasteiger partial charge is 0.457 e. The lowest BCUT2D eigenvalue weighted by Gasteiger charge is -2.20. The Morgan fingerprint density at radius 3 is 2.42 bits per heavy atom. The summed E-state index contributed by atoms with van der Waals surface area (Å²) in [7, 11) is 0. The van der Waals surface area contributed by atoms with Crippen LogP contribution in [-0.2, 0) is 19.6 Å². The van der Waals surface area contributed by atoms with Gasteiger partial charge in [0, 0.05) is 17.3 Å². The van der Waals surface area contributed by atoms with Gasteiger partial charge >= 0.3 is 6.09 Å². The highest BCUT2D eigenvalue weighted by molar-refractivity contribution is 5.84. The van der Waals surface area contributed by atoms with Crippen LogP contribution in [0, 0.1) is 0 Å². The summed E-state index contributed by atoms with van der Waals surface area (Å²) in [6.07, 6.45) is 0.0429. The minimum Gasteiger partial charge on any atom is -0.457 e. The second-order valence-corrected chi connectivity index (χ2v) is 9.87. The number of carbonyl (C=O) groups is 1. The van der Waals surface area contributed by atoms with Gasteiger partial charge in [0.15, 0.2) is 6.10 Å². The second kappa shape index (κ2) is 10.1. The molecule has 36 heavy (non-hydrogen) atoms. The molecule has 4 atom stereocenters. The van der Waals surface area contributed by atoms with Crippen LogP contribution in [0.5, 0.6) is 11.5 Å². The minimum atomic E-state index is -0.567. The molecule has 0 unspecified atom stereocenters. The van der Waals surface area contributed by atoms with Gasteiger partial charge in [0.1, 0.15) is 23.7 Å². The van der Waals surface area contributed by atoms with Crippen molar-refractivity contribution in [2.75, 3.05) is 23.8 Å². The zero-order chi connectivity index (χ0) is 25.1. The number of benzene rings is 2. The highest BCUT2D eigenvalue weighted by atomic mass is 16.6. The normalized spacial score (nSPS) is 23.1. The van der Waals surface area contributed by atoms with E-state index in [1.807, 2.05) is 36.4 Å². The fourth-order valence-electron chi connectivity index (χ4n) is 4.22. The van der Waals surface area contributed by atoms with Gasteiger partial charge in [-0.3, -0.25) is 5.32 Å². The van der Waals surface area contributed by atoms with Crippen molar-refractivity contribution in [3.63, 3.8) is 0 Å². The maximum absolute atomic E-state index is 12.5. The molecule has 2 N–H and O–H groups in total. The topological polar surface area (TPSA) is 104 Å². The van der Waals surface area contributed by atoms with Crippen LogP contribution in [0.1, 0.15) is 26.5 Å². The lowest BCUT2D eigenvalue weighted by atomic mass is 9.92. The van der Waals surface area contributed by atoms with Crippen LogP contribution in [0.3, 0.4) is 0 Å². The summed E-state index contributed by atoms with van der Waals surface area (Å²) in [5.41, 5.74) is 1.46. The van der Waals surface area contributed by atoms with Crippen LogP contribution in [0.25, 0.3) is 0 Å². The lowest BCUT2D eigenvalue weighted by molar-refractivity contribution is 0.00916. The molecular formula is C27H30N4O5. The van der Waals surface area contributed by atoms with Gasteiger partial charge < -0.3 is 24.3 Å². The third-order valence-corrected chi connectivity index (χ3v) is 6.08. The van der Waals surface area contributed by atoms with Crippen LogP contribution < -0.4 is 15.4 Å². The first kappa shape index (κ1) is 24.0. The Hall–Kier alpha value is -3.69. The molecule has 1 aromatic heterocycles. The van der Waals surface area contributed by atoms with Crippen molar-refractivity contribution in [1.29, 1.82) is 0 Å². The molecule has 9 nitrogen and oxygen atoms in total. The monoisotopic (exact) mass is 490 g/mol. The lowest BCUT2D eigenvalue weighted by Crippen LogP contribution is -2.38. The molecule has 0 aliphatic carbocycles. The Morgan fingerprint density at radius 2 is 1.67 bits per heavy atom. The molecule has 1 amide bonds. The van der Waals surface area contributed by atoms with Crippen molar-refractivity contribution in [1.82, 2.24) is 9.97 Å².